The molecule has 70 valence electrons. The van der Waals surface area contributed by atoms with E-state index in [9.17, 15) is 9.59 Å². The molecule has 0 saturated heterocycles. The van der Waals surface area contributed by atoms with Crippen molar-refractivity contribution in [2.24, 2.45) is 0 Å². The third kappa shape index (κ3) is 3.10. The molecule has 0 aliphatic carbocycles. The summed E-state index contributed by atoms with van der Waals surface area (Å²) in [6.07, 6.45) is 0. The van der Waals surface area contributed by atoms with Gasteiger partial charge >= 0.3 is 11.9 Å². The molecule has 0 saturated carbocycles. The average molecular weight is 304 g/mol. The highest BCUT2D eigenvalue weighted by Crippen LogP contribution is 2.16. The largest absolute Gasteiger partial charge is 0.468 e. The third-order valence-corrected chi connectivity index (χ3v) is 3.62. The van der Waals surface area contributed by atoms with Crippen molar-refractivity contribution in [3.8, 4) is 0 Å². The van der Waals surface area contributed by atoms with E-state index < -0.39 is 21.6 Å². The number of alkyl halides is 2. The zero-order chi connectivity index (χ0) is 9.72. The van der Waals surface area contributed by atoms with Gasteiger partial charge in [0.05, 0.1) is 14.2 Å². The molecule has 0 N–H and O–H groups in total. The quantitative estimate of drug-likeness (QED) is 0.573. The van der Waals surface area contributed by atoms with Gasteiger partial charge in [0, 0.05) is 0 Å². The van der Waals surface area contributed by atoms with E-state index in [0.717, 1.165) is 0 Å². The Labute approximate surface area is 86.8 Å². The Morgan fingerprint density at radius 1 is 1.00 bits per heavy atom. The van der Waals surface area contributed by atoms with Crippen LogP contribution in [0.2, 0.25) is 0 Å². The summed E-state index contributed by atoms with van der Waals surface area (Å²) in [6.45, 7) is 0. The summed E-state index contributed by atoms with van der Waals surface area (Å²) < 4.78 is 8.81. The number of carbonyl (C=O) groups excluding carboxylic acids is 2. The van der Waals surface area contributed by atoms with Crippen LogP contribution in [0.5, 0.6) is 0 Å². The zero-order valence-corrected chi connectivity index (χ0v) is 9.72. The Hall–Kier alpha value is -0.100. The van der Waals surface area contributed by atoms with Gasteiger partial charge in [-0.05, 0) is 0 Å². The maximum Gasteiger partial charge on any atom is 0.321 e. The van der Waals surface area contributed by atoms with Crippen LogP contribution >= 0.6 is 31.9 Å². The number of ether oxygens (including phenoxy) is 2. The summed E-state index contributed by atoms with van der Waals surface area (Å²) in [4.78, 5) is 20.3. The first-order chi connectivity index (χ1) is 5.54. The van der Waals surface area contributed by atoms with E-state index in [2.05, 4.69) is 41.3 Å². The van der Waals surface area contributed by atoms with Crippen LogP contribution in [0, 0.1) is 0 Å². The topological polar surface area (TPSA) is 52.6 Å². The monoisotopic (exact) mass is 302 g/mol. The van der Waals surface area contributed by atoms with Crippen molar-refractivity contribution in [1.29, 1.82) is 0 Å². The fourth-order valence-corrected chi connectivity index (χ4v) is 1.27. The standard InChI is InChI=1S/C6H8Br2O4/c1-11-5(9)3(7)4(8)6(10)12-2/h3-4H,1-2H3/t3-,4-/m0/s1. The van der Waals surface area contributed by atoms with Crippen molar-refractivity contribution in [2.75, 3.05) is 14.2 Å². The Kier molecular flexibility index (Phi) is 5.48. The Morgan fingerprint density at radius 3 is 1.42 bits per heavy atom. The SMILES string of the molecule is COC(=O)[C@@H](Br)[C@H](Br)C(=O)OC. The molecule has 0 spiro atoms. The molecular weight excluding hydrogens is 296 g/mol. The smallest absolute Gasteiger partial charge is 0.321 e. The molecule has 0 unspecified atom stereocenters. The maximum absolute atomic E-state index is 10.9. The highest BCUT2D eigenvalue weighted by atomic mass is 79.9. The number of hydrogen-bond donors (Lipinski definition) is 0. The number of hydrogen-bond acceptors (Lipinski definition) is 4. The van der Waals surface area contributed by atoms with Crippen LogP contribution in [-0.4, -0.2) is 35.8 Å². The molecule has 0 aliphatic rings. The van der Waals surface area contributed by atoms with Gasteiger partial charge < -0.3 is 9.47 Å². The first kappa shape index (κ1) is 11.9. The lowest BCUT2D eigenvalue weighted by molar-refractivity contribution is -0.145. The molecule has 6 heteroatoms. The van der Waals surface area contributed by atoms with E-state index in [-0.39, 0.29) is 0 Å². The Bertz CT molecular complexity index is 162. The molecule has 0 bridgehead atoms. The molecule has 12 heavy (non-hydrogen) atoms. The molecule has 0 aromatic heterocycles. The number of esters is 2. The number of methoxy groups -OCH3 is 2. The van der Waals surface area contributed by atoms with Gasteiger partial charge in [-0.25, -0.2) is 0 Å². The molecule has 0 aliphatic heterocycles. The molecule has 0 fully saturated rings. The van der Waals surface area contributed by atoms with Gasteiger partial charge in [-0.15, -0.1) is 0 Å². The van der Waals surface area contributed by atoms with Crippen LogP contribution in [0.1, 0.15) is 0 Å². The van der Waals surface area contributed by atoms with Gasteiger partial charge in [-0.1, -0.05) is 31.9 Å². The molecule has 0 heterocycles. The highest BCUT2D eigenvalue weighted by Gasteiger charge is 2.30. The predicted octanol–water partition coefficient (Wildman–Crippen LogP) is 0.859. The van der Waals surface area contributed by atoms with Gasteiger partial charge in [-0.3, -0.25) is 9.59 Å². The Morgan fingerprint density at radius 2 is 1.25 bits per heavy atom. The van der Waals surface area contributed by atoms with Crippen LogP contribution in [0.25, 0.3) is 0 Å². The molecule has 0 rings (SSSR count). The minimum absolute atomic E-state index is 0.526. The van der Waals surface area contributed by atoms with E-state index in [1.54, 1.807) is 0 Å². The van der Waals surface area contributed by atoms with Crippen molar-refractivity contribution >= 4 is 43.8 Å². The van der Waals surface area contributed by atoms with Crippen LogP contribution in [0.15, 0.2) is 0 Å². The number of halogens is 2. The molecule has 0 aromatic carbocycles. The first-order valence-electron chi connectivity index (χ1n) is 2.98. The van der Waals surface area contributed by atoms with Gasteiger partial charge in [0.15, 0.2) is 0 Å². The molecule has 0 radical (unpaired) electrons. The van der Waals surface area contributed by atoms with Crippen LogP contribution in [-0.2, 0) is 19.1 Å². The predicted molar refractivity (Wildman–Crippen MR) is 49.5 cm³/mol. The van der Waals surface area contributed by atoms with Crippen molar-refractivity contribution in [3.63, 3.8) is 0 Å². The second-order valence-electron chi connectivity index (χ2n) is 1.85. The number of rotatable bonds is 3. The summed E-state index contributed by atoms with van der Waals surface area (Å²) in [5.41, 5.74) is 0. The van der Waals surface area contributed by atoms with Crippen LogP contribution in [0.4, 0.5) is 0 Å². The van der Waals surface area contributed by atoms with E-state index in [1.807, 2.05) is 0 Å². The second-order valence-corrected chi connectivity index (χ2v) is 3.82. The van der Waals surface area contributed by atoms with E-state index in [0.29, 0.717) is 0 Å². The van der Waals surface area contributed by atoms with Crippen molar-refractivity contribution in [1.82, 2.24) is 0 Å². The van der Waals surface area contributed by atoms with Crippen LogP contribution < -0.4 is 0 Å². The maximum atomic E-state index is 10.9. The van der Waals surface area contributed by atoms with Crippen molar-refractivity contribution < 1.29 is 19.1 Å². The molecule has 0 aromatic rings. The fraction of sp³-hybridized carbons (Fsp3) is 0.667. The lowest BCUT2D eigenvalue weighted by Crippen LogP contribution is -2.32. The average Bonchev–Trinajstić information content (AvgIpc) is 2.12. The molecule has 0 amide bonds. The van der Waals surface area contributed by atoms with Crippen molar-refractivity contribution in [2.45, 2.75) is 9.65 Å². The third-order valence-electron chi connectivity index (χ3n) is 1.11. The molecule has 2 atom stereocenters. The van der Waals surface area contributed by atoms with Crippen LogP contribution in [0.3, 0.4) is 0 Å². The minimum atomic E-state index is -0.727. The summed E-state index contributed by atoms with van der Waals surface area (Å²) in [5.74, 6) is -1.05. The normalized spacial score (nSPS) is 14.7. The fourth-order valence-electron chi connectivity index (χ4n) is 0.464. The summed E-state index contributed by atoms with van der Waals surface area (Å²) >= 11 is 5.98. The summed E-state index contributed by atoms with van der Waals surface area (Å²) in [6, 6.07) is 0. The lowest BCUT2D eigenvalue weighted by Gasteiger charge is -2.11. The van der Waals surface area contributed by atoms with Gasteiger partial charge in [-0.2, -0.15) is 0 Å². The first-order valence-corrected chi connectivity index (χ1v) is 4.81. The molecule has 4 nitrogen and oxygen atoms in total. The summed E-state index contributed by atoms with van der Waals surface area (Å²) in [7, 11) is 2.49. The van der Waals surface area contributed by atoms with Crippen molar-refractivity contribution in [3.05, 3.63) is 0 Å². The second kappa shape index (κ2) is 5.53. The van der Waals surface area contributed by atoms with Gasteiger partial charge in [0.25, 0.3) is 0 Å². The zero-order valence-electron chi connectivity index (χ0n) is 6.54. The molecular formula is C6H8Br2O4. The lowest BCUT2D eigenvalue weighted by atomic mass is 10.3. The van der Waals surface area contributed by atoms with Gasteiger partial charge in [0.1, 0.15) is 9.65 Å². The van der Waals surface area contributed by atoms with Gasteiger partial charge in [0.2, 0.25) is 0 Å². The number of carbonyl (C=O) groups is 2. The van der Waals surface area contributed by atoms with E-state index in [4.69, 9.17) is 0 Å². The van der Waals surface area contributed by atoms with E-state index >= 15 is 0 Å². The minimum Gasteiger partial charge on any atom is -0.468 e. The van der Waals surface area contributed by atoms with E-state index in [1.165, 1.54) is 14.2 Å². The highest BCUT2D eigenvalue weighted by molar-refractivity contribution is 9.12. The summed E-state index contributed by atoms with van der Waals surface area (Å²) in [5, 5.41) is 0. The Balaban J connectivity index is 4.18.